The first-order chi connectivity index (χ1) is 12.2. The van der Waals surface area contributed by atoms with E-state index in [1.54, 1.807) is 29.5 Å². The molecule has 3 aliphatic heterocycles. The molecule has 7 nitrogen and oxygen atoms in total. The van der Waals surface area contributed by atoms with Crippen LogP contribution in [0.3, 0.4) is 0 Å². The van der Waals surface area contributed by atoms with Crippen LogP contribution in [0, 0.1) is 5.92 Å². The van der Waals surface area contributed by atoms with Gasteiger partial charge < -0.3 is 14.4 Å². The summed E-state index contributed by atoms with van der Waals surface area (Å²) < 4.78 is 1.77. The number of piperidine rings is 1. The third-order valence-electron chi connectivity index (χ3n) is 5.08. The Morgan fingerprint density at radius 2 is 2.12 bits per heavy atom. The van der Waals surface area contributed by atoms with Crippen LogP contribution in [0.5, 0.6) is 0 Å². The lowest BCUT2D eigenvalue weighted by Gasteiger charge is -2.35. The lowest BCUT2D eigenvalue weighted by molar-refractivity contribution is -0.140. The molecular formula is C18H21N5O2. The zero-order chi connectivity index (χ0) is 17.2. The van der Waals surface area contributed by atoms with Crippen LogP contribution < -0.4 is 0 Å². The van der Waals surface area contributed by atoms with Gasteiger partial charge in [0.15, 0.2) is 0 Å². The highest BCUT2D eigenvalue weighted by Crippen LogP contribution is 2.30. The maximum Gasteiger partial charge on any atom is 0.242 e. The van der Waals surface area contributed by atoms with E-state index in [9.17, 15) is 9.59 Å². The summed E-state index contributed by atoms with van der Waals surface area (Å²) in [6, 6.07) is 5.81. The summed E-state index contributed by atoms with van der Waals surface area (Å²) >= 11 is 0. The lowest BCUT2D eigenvalue weighted by Crippen LogP contribution is -2.47. The number of carbonyl (C=O) groups is 2. The molecule has 2 atom stereocenters. The Labute approximate surface area is 146 Å². The second-order valence-corrected chi connectivity index (χ2v) is 6.75. The molecule has 0 aromatic carbocycles. The molecule has 0 radical (unpaired) electrons. The van der Waals surface area contributed by atoms with E-state index in [1.807, 2.05) is 28.0 Å². The molecule has 7 heteroatoms. The van der Waals surface area contributed by atoms with Crippen molar-refractivity contribution in [1.29, 1.82) is 0 Å². The zero-order valence-corrected chi connectivity index (χ0v) is 14.0. The monoisotopic (exact) mass is 339 g/mol. The minimum atomic E-state index is -0.103. The molecule has 2 aromatic heterocycles. The van der Waals surface area contributed by atoms with E-state index in [0.29, 0.717) is 19.6 Å². The van der Waals surface area contributed by atoms with Gasteiger partial charge in [-0.25, -0.2) is 4.98 Å². The van der Waals surface area contributed by atoms with Crippen LogP contribution in [0.4, 0.5) is 0 Å². The number of hydrogen-bond donors (Lipinski definition) is 0. The standard InChI is InChI=1S/C18H21N5O2/c24-17(12-21-8-7-19-13-21)22-9-14-4-5-16(11-22)23(18(14)25)10-15-3-1-2-6-20-15/h1-3,6-8,13-14,16H,4-5,9-12H2/t14-,16+/m0/s1. The molecule has 0 N–H and O–H groups in total. The van der Waals surface area contributed by atoms with E-state index in [2.05, 4.69) is 9.97 Å². The maximum atomic E-state index is 12.8. The number of carbonyl (C=O) groups excluding carboxylic acids is 2. The van der Waals surface area contributed by atoms with E-state index in [1.165, 1.54) is 0 Å². The average molecular weight is 339 g/mol. The average Bonchev–Trinajstić information content (AvgIpc) is 2.98. The van der Waals surface area contributed by atoms with Gasteiger partial charge in [0.1, 0.15) is 6.54 Å². The predicted octanol–water partition coefficient (Wildman–Crippen LogP) is 0.928. The van der Waals surface area contributed by atoms with Crippen LogP contribution in [0.1, 0.15) is 18.5 Å². The summed E-state index contributed by atoms with van der Waals surface area (Å²) in [5, 5.41) is 0. The molecule has 5 heterocycles. The molecule has 5 rings (SSSR count). The molecule has 2 bridgehead atoms. The van der Waals surface area contributed by atoms with Gasteiger partial charge in [0.25, 0.3) is 0 Å². The number of rotatable bonds is 4. The van der Waals surface area contributed by atoms with Crippen LogP contribution >= 0.6 is 0 Å². The van der Waals surface area contributed by atoms with E-state index in [-0.39, 0.29) is 30.3 Å². The molecule has 0 spiro atoms. The van der Waals surface area contributed by atoms with Gasteiger partial charge in [0, 0.05) is 37.7 Å². The number of fused-ring (bicyclic) bond motifs is 4. The van der Waals surface area contributed by atoms with Gasteiger partial charge in [-0.1, -0.05) is 6.07 Å². The van der Waals surface area contributed by atoms with E-state index in [4.69, 9.17) is 0 Å². The van der Waals surface area contributed by atoms with Crippen molar-refractivity contribution in [2.75, 3.05) is 13.1 Å². The van der Waals surface area contributed by atoms with Crippen molar-refractivity contribution in [3.05, 3.63) is 48.8 Å². The Morgan fingerprint density at radius 1 is 1.20 bits per heavy atom. The van der Waals surface area contributed by atoms with Crippen molar-refractivity contribution in [2.45, 2.75) is 32.0 Å². The summed E-state index contributed by atoms with van der Waals surface area (Å²) in [5.41, 5.74) is 0.889. The van der Waals surface area contributed by atoms with Crippen LogP contribution in [0.2, 0.25) is 0 Å². The lowest BCUT2D eigenvalue weighted by atomic mass is 9.94. The molecule has 0 aliphatic carbocycles. The van der Waals surface area contributed by atoms with Gasteiger partial charge in [-0.15, -0.1) is 0 Å². The molecule has 130 valence electrons. The van der Waals surface area contributed by atoms with Gasteiger partial charge in [0.05, 0.1) is 24.5 Å². The SMILES string of the molecule is O=C(Cn1ccnc1)N1C[C@@H]2CC[C@H](C1)N(Cc1ccccn1)C2=O. The molecule has 0 saturated carbocycles. The van der Waals surface area contributed by atoms with Crippen LogP contribution in [0.15, 0.2) is 43.1 Å². The fourth-order valence-electron chi connectivity index (χ4n) is 3.75. The number of nitrogens with zero attached hydrogens (tertiary/aromatic N) is 5. The quantitative estimate of drug-likeness (QED) is 0.831. The van der Waals surface area contributed by atoms with Crippen molar-refractivity contribution in [1.82, 2.24) is 24.3 Å². The Bertz CT molecular complexity index is 746. The predicted molar refractivity (Wildman–Crippen MR) is 90.1 cm³/mol. The van der Waals surface area contributed by atoms with Crippen molar-refractivity contribution < 1.29 is 9.59 Å². The molecule has 3 aliphatic rings. The first-order valence-electron chi connectivity index (χ1n) is 8.64. The van der Waals surface area contributed by atoms with E-state index >= 15 is 0 Å². The highest BCUT2D eigenvalue weighted by Gasteiger charge is 2.41. The second kappa shape index (κ2) is 6.66. The van der Waals surface area contributed by atoms with Crippen LogP contribution in [0.25, 0.3) is 0 Å². The van der Waals surface area contributed by atoms with Gasteiger partial charge in [-0.05, 0) is 25.0 Å². The Kier molecular flexibility index (Phi) is 4.21. The fourth-order valence-corrected chi connectivity index (χ4v) is 3.75. The van der Waals surface area contributed by atoms with Crippen molar-refractivity contribution >= 4 is 11.8 Å². The summed E-state index contributed by atoms with van der Waals surface area (Å²) in [5.74, 6) is 0.0939. The number of imidazole rings is 1. The normalized spacial score (nSPS) is 23.0. The number of amides is 2. The molecule has 3 saturated heterocycles. The van der Waals surface area contributed by atoms with Crippen molar-refractivity contribution in [3.8, 4) is 0 Å². The largest absolute Gasteiger partial charge is 0.338 e. The first-order valence-corrected chi connectivity index (χ1v) is 8.64. The minimum absolute atomic E-state index is 0.0439. The molecule has 2 amide bonds. The highest BCUT2D eigenvalue weighted by molar-refractivity contribution is 5.83. The summed E-state index contributed by atoms with van der Waals surface area (Å²) in [4.78, 5) is 37.6. The fraction of sp³-hybridized carbons (Fsp3) is 0.444. The third-order valence-corrected chi connectivity index (χ3v) is 5.08. The molecular weight excluding hydrogens is 318 g/mol. The number of pyridine rings is 1. The van der Waals surface area contributed by atoms with Crippen molar-refractivity contribution in [2.24, 2.45) is 5.92 Å². The molecule has 25 heavy (non-hydrogen) atoms. The number of hydrogen-bond acceptors (Lipinski definition) is 4. The highest BCUT2D eigenvalue weighted by atomic mass is 16.2. The Balaban J connectivity index is 1.49. The minimum Gasteiger partial charge on any atom is -0.338 e. The van der Waals surface area contributed by atoms with Crippen LogP contribution in [-0.4, -0.2) is 55.3 Å². The molecule has 0 unspecified atom stereocenters. The van der Waals surface area contributed by atoms with Gasteiger partial charge in [-0.2, -0.15) is 0 Å². The van der Waals surface area contributed by atoms with E-state index in [0.717, 1.165) is 18.5 Å². The van der Waals surface area contributed by atoms with Gasteiger partial charge in [0.2, 0.25) is 11.8 Å². The van der Waals surface area contributed by atoms with Crippen molar-refractivity contribution in [3.63, 3.8) is 0 Å². The summed E-state index contributed by atoms with van der Waals surface area (Å²) in [6.07, 6.45) is 8.63. The Morgan fingerprint density at radius 3 is 2.88 bits per heavy atom. The van der Waals surface area contributed by atoms with Crippen LogP contribution in [-0.2, 0) is 22.7 Å². The molecule has 2 aromatic rings. The maximum absolute atomic E-state index is 12.8. The Hall–Kier alpha value is -2.70. The van der Waals surface area contributed by atoms with Gasteiger partial charge in [-0.3, -0.25) is 14.6 Å². The summed E-state index contributed by atoms with van der Waals surface area (Å²) in [7, 11) is 0. The first kappa shape index (κ1) is 15.8. The third kappa shape index (κ3) is 3.26. The smallest absolute Gasteiger partial charge is 0.242 e. The van der Waals surface area contributed by atoms with Gasteiger partial charge >= 0.3 is 0 Å². The zero-order valence-electron chi connectivity index (χ0n) is 14.0. The molecule has 3 fully saturated rings. The topological polar surface area (TPSA) is 71.3 Å². The number of aromatic nitrogens is 3. The summed E-state index contributed by atoms with van der Waals surface area (Å²) in [6.45, 7) is 1.91. The second-order valence-electron chi connectivity index (χ2n) is 6.75. The van der Waals surface area contributed by atoms with E-state index < -0.39 is 0 Å².